The van der Waals surface area contributed by atoms with Crippen molar-refractivity contribution in [2.75, 3.05) is 13.1 Å². The Morgan fingerprint density at radius 3 is 2.10 bits per heavy atom. The van der Waals surface area contributed by atoms with E-state index in [9.17, 15) is 9.59 Å². The summed E-state index contributed by atoms with van der Waals surface area (Å²) < 4.78 is 1.91. The maximum Gasteiger partial charge on any atom is 0.250 e. The van der Waals surface area contributed by atoms with Crippen LogP contribution in [0.3, 0.4) is 0 Å². The highest BCUT2D eigenvalue weighted by molar-refractivity contribution is 5.87. The van der Waals surface area contributed by atoms with E-state index in [2.05, 4.69) is 0 Å². The lowest BCUT2D eigenvalue weighted by molar-refractivity contribution is -0.134. The van der Waals surface area contributed by atoms with Crippen molar-refractivity contribution in [2.24, 2.45) is 5.92 Å². The third kappa shape index (κ3) is 3.29. The number of likely N-dealkylation sites (tertiary alicyclic amines) is 1. The molecule has 4 heteroatoms. The van der Waals surface area contributed by atoms with Gasteiger partial charge >= 0.3 is 0 Å². The van der Waals surface area contributed by atoms with Gasteiger partial charge in [0.15, 0.2) is 0 Å². The van der Waals surface area contributed by atoms with Gasteiger partial charge in [0.05, 0.1) is 5.92 Å². The number of carbonyl (C=O) groups excluding carboxylic acids is 1. The summed E-state index contributed by atoms with van der Waals surface area (Å²) in [4.78, 5) is 28.1. The van der Waals surface area contributed by atoms with E-state index in [1.807, 2.05) is 82.3 Å². The molecule has 0 N–H and O–H groups in total. The van der Waals surface area contributed by atoms with Gasteiger partial charge in [0.1, 0.15) is 0 Å². The minimum atomic E-state index is -0.297. The molecule has 2 aliphatic rings. The van der Waals surface area contributed by atoms with Crippen LogP contribution in [-0.2, 0) is 11.3 Å². The molecular weight excluding hydrogens is 360 g/mol. The lowest BCUT2D eigenvalue weighted by atomic mass is 9.81. The molecule has 0 aliphatic carbocycles. The molecule has 146 valence electrons. The van der Waals surface area contributed by atoms with Crippen molar-refractivity contribution in [3.63, 3.8) is 0 Å². The molecule has 1 amide bonds. The molecule has 4 nitrogen and oxygen atoms in total. The Morgan fingerprint density at radius 2 is 1.45 bits per heavy atom. The second kappa shape index (κ2) is 7.36. The first kappa shape index (κ1) is 17.9. The van der Waals surface area contributed by atoms with Gasteiger partial charge in [0.2, 0.25) is 5.91 Å². The highest BCUT2D eigenvalue weighted by Gasteiger charge is 2.38. The molecule has 29 heavy (non-hydrogen) atoms. The van der Waals surface area contributed by atoms with Gasteiger partial charge in [-0.2, -0.15) is 0 Å². The molecule has 3 aromatic rings. The number of nitrogens with zero attached hydrogens (tertiary/aromatic N) is 2. The number of hydrogen-bond acceptors (Lipinski definition) is 2. The first-order chi connectivity index (χ1) is 14.2. The molecule has 0 radical (unpaired) electrons. The van der Waals surface area contributed by atoms with Gasteiger partial charge in [-0.25, -0.2) is 0 Å². The summed E-state index contributed by atoms with van der Waals surface area (Å²) >= 11 is 0. The third-order valence-corrected chi connectivity index (χ3v) is 6.30. The number of piperidine rings is 1. The Hall–Kier alpha value is -3.14. The van der Waals surface area contributed by atoms with Crippen molar-refractivity contribution < 1.29 is 4.79 Å². The first-order valence-corrected chi connectivity index (χ1v) is 10.3. The van der Waals surface area contributed by atoms with E-state index in [4.69, 9.17) is 0 Å². The van der Waals surface area contributed by atoms with Crippen molar-refractivity contribution in [1.82, 2.24) is 9.47 Å². The Balaban J connectivity index is 1.49. The van der Waals surface area contributed by atoms with E-state index in [-0.39, 0.29) is 23.3 Å². The smallest absolute Gasteiger partial charge is 0.250 e. The lowest BCUT2D eigenvalue weighted by Crippen LogP contribution is -2.50. The molecule has 1 fully saturated rings. The minimum absolute atomic E-state index is 0.0726. The van der Waals surface area contributed by atoms with E-state index in [1.165, 1.54) is 0 Å². The van der Waals surface area contributed by atoms with Gasteiger partial charge in [-0.05, 0) is 29.5 Å². The molecule has 2 bridgehead atoms. The maximum absolute atomic E-state index is 13.8. The van der Waals surface area contributed by atoms with E-state index < -0.39 is 0 Å². The first-order valence-electron chi connectivity index (χ1n) is 10.3. The molecular formula is C25H24N2O2. The largest absolute Gasteiger partial charge is 0.341 e. The van der Waals surface area contributed by atoms with Gasteiger partial charge in [-0.15, -0.1) is 0 Å². The minimum Gasteiger partial charge on any atom is -0.341 e. The molecule has 3 heterocycles. The molecule has 2 aromatic carbocycles. The molecule has 0 unspecified atom stereocenters. The fourth-order valence-electron chi connectivity index (χ4n) is 5.03. The van der Waals surface area contributed by atoms with Crippen LogP contribution in [0.4, 0.5) is 0 Å². The van der Waals surface area contributed by atoms with Crippen LogP contribution in [0.25, 0.3) is 0 Å². The SMILES string of the molecule is O=C(C(c1ccccc1)c1ccccc1)N1C[C@H]2C[C@@H](C1)c1cccc(=O)n1C2. The second-order valence-electron chi connectivity index (χ2n) is 8.20. The zero-order chi connectivity index (χ0) is 19.8. The zero-order valence-corrected chi connectivity index (χ0v) is 16.3. The van der Waals surface area contributed by atoms with Crippen molar-refractivity contribution in [3.8, 4) is 0 Å². The van der Waals surface area contributed by atoms with Crippen LogP contribution in [0.2, 0.25) is 0 Å². The summed E-state index contributed by atoms with van der Waals surface area (Å²) in [7, 11) is 0. The van der Waals surface area contributed by atoms with E-state index in [1.54, 1.807) is 6.07 Å². The summed E-state index contributed by atoms with van der Waals surface area (Å²) in [6.07, 6.45) is 1.05. The number of hydrogen-bond donors (Lipinski definition) is 0. The quantitative estimate of drug-likeness (QED) is 0.692. The summed E-state index contributed by atoms with van der Waals surface area (Å²) in [5.41, 5.74) is 3.19. The summed E-state index contributed by atoms with van der Waals surface area (Å²) in [6.45, 7) is 2.10. The van der Waals surface area contributed by atoms with Crippen LogP contribution in [-0.4, -0.2) is 28.5 Å². The van der Waals surface area contributed by atoms with Gasteiger partial charge in [0, 0.05) is 37.3 Å². The molecule has 1 aromatic heterocycles. The number of amides is 1. The zero-order valence-electron chi connectivity index (χ0n) is 16.3. The third-order valence-electron chi connectivity index (χ3n) is 6.30. The topological polar surface area (TPSA) is 42.3 Å². The Labute approximate surface area is 170 Å². The van der Waals surface area contributed by atoms with E-state index in [0.29, 0.717) is 25.6 Å². The number of fused-ring (bicyclic) bond motifs is 4. The standard InChI is InChI=1S/C25H24N2O2/c28-23-13-7-12-22-21-14-18(16-27(22)23)15-26(17-21)25(29)24(19-8-3-1-4-9-19)20-10-5-2-6-11-20/h1-13,18,21,24H,14-17H2/t18-,21+/m1/s1. The molecule has 2 aliphatic heterocycles. The number of benzene rings is 2. The molecule has 5 rings (SSSR count). The van der Waals surface area contributed by atoms with E-state index in [0.717, 1.165) is 23.2 Å². The van der Waals surface area contributed by atoms with Gasteiger partial charge in [-0.1, -0.05) is 66.7 Å². The average molecular weight is 384 g/mol. The Bertz CT molecular complexity index is 1040. The molecule has 0 spiro atoms. The van der Waals surface area contributed by atoms with Crippen LogP contribution >= 0.6 is 0 Å². The maximum atomic E-state index is 13.8. The fraction of sp³-hybridized carbons (Fsp3) is 0.280. The van der Waals surface area contributed by atoms with Crippen molar-refractivity contribution >= 4 is 5.91 Å². The highest BCUT2D eigenvalue weighted by Crippen LogP contribution is 2.37. The number of rotatable bonds is 3. The van der Waals surface area contributed by atoms with E-state index >= 15 is 0 Å². The fourth-order valence-corrected chi connectivity index (χ4v) is 5.03. The van der Waals surface area contributed by atoms with Crippen LogP contribution in [0.1, 0.15) is 35.1 Å². The summed E-state index contributed by atoms with van der Waals surface area (Å²) in [5, 5.41) is 0. The van der Waals surface area contributed by atoms with Crippen molar-refractivity contribution in [1.29, 1.82) is 0 Å². The average Bonchev–Trinajstić information content (AvgIpc) is 2.76. The van der Waals surface area contributed by atoms with Crippen molar-refractivity contribution in [2.45, 2.75) is 24.8 Å². The van der Waals surface area contributed by atoms with Gasteiger partial charge in [-0.3, -0.25) is 9.59 Å². The molecule has 0 saturated carbocycles. The van der Waals surface area contributed by atoms with Crippen LogP contribution in [0, 0.1) is 5.92 Å². The van der Waals surface area contributed by atoms with Crippen molar-refractivity contribution in [3.05, 3.63) is 106 Å². The van der Waals surface area contributed by atoms with Gasteiger partial charge < -0.3 is 9.47 Å². The predicted molar refractivity (Wildman–Crippen MR) is 113 cm³/mol. The number of pyridine rings is 1. The summed E-state index contributed by atoms with van der Waals surface area (Å²) in [5.74, 6) is 0.420. The highest BCUT2D eigenvalue weighted by atomic mass is 16.2. The predicted octanol–water partition coefficient (Wildman–Crippen LogP) is 3.63. The van der Waals surface area contributed by atoms with Gasteiger partial charge in [0.25, 0.3) is 5.56 Å². The lowest BCUT2D eigenvalue weighted by Gasteiger charge is -2.43. The number of carbonyl (C=O) groups is 1. The molecule has 2 atom stereocenters. The Morgan fingerprint density at radius 1 is 0.793 bits per heavy atom. The van der Waals surface area contributed by atoms with Crippen LogP contribution < -0.4 is 5.56 Å². The Kier molecular flexibility index (Phi) is 4.55. The van der Waals surface area contributed by atoms with Crippen LogP contribution in [0.15, 0.2) is 83.7 Å². The number of aromatic nitrogens is 1. The van der Waals surface area contributed by atoms with Crippen LogP contribution in [0.5, 0.6) is 0 Å². The monoisotopic (exact) mass is 384 g/mol. The summed E-state index contributed by atoms with van der Waals surface area (Å²) in [6, 6.07) is 25.6. The normalized spacial score (nSPS) is 20.4. The molecule has 1 saturated heterocycles. The second-order valence-corrected chi connectivity index (χ2v) is 8.20.